The van der Waals surface area contributed by atoms with Crippen molar-refractivity contribution >= 4 is 21.9 Å². The van der Waals surface area contributed by atoms with E-state index in [0.29, 0.717) is 11.1 Å². The predicted molar refractivity (Wildman–Crippen MR) is 86.4 cm³/mol. The quantitative estimate of drug-likeness (QED) is 0.503. The molecule has 0 spiro atoms. The minimum Gasteiger partial charge on any atom is -0.455 e. The summed E-state index contributed by atoms with van der Waals surface area (Å²) in [6.45, 7) is 1.92. The van der Waals surface area contributed by atoms with Crippen molar-refractivity contribution in [1.29, 1.82) is 5.26 Å². The molecular weight excluding hydrogens is 272 g/mol. The van der Waals surface area contributed by atoms with Gasteiger partial charge in [-0.2, -0.15) is 5.26 Å². The number of fused-ring (bicyclic) bond motifs is 3. The minimum atomic E-state index is 0.598. The smallest absolute Gasteiger partial charge is 0.153 e. The van der Waals surface area contributed by atoms with Gasteiger partial charge in [-0.3, -0.25) is 4.98 Å². The van der Waals surface area contributed by atoms with Crippen LogP contribution in [0.2, 0.25) is 0 Å². The average molecular weight is 284 g/mol. The van der Waals surface area contributed by atoms with Crippen LogP contribution in [0.3, 0.4) is 0 Å². The average Bonchev–Trinajstić information content (AvgIpc) is 2.94. The molecule has 0 bridgehead atoms. The number of furan rings is 1. The maximum atomic E-state index is 9.41. The van der Waals surface area contributed by atoms with E-state index in [-0.39, 0.29) is 0 Å². The first-order chi connectivity index (χ1) is 10.8. The molecule has 0 aliphatic rings. The standard InChI is InChI=1S/C19H12N2O/c1-12-8-9-14-18-13(16-6-2-3-10-21-16)5-4-7-17(18)22-19(14)15(12)11-20/h2-10H,1H3. The van der Waals surface area contributed by atoms with E-state index in [2.05, 4.69) is 11.1 Å². The summed E-state index contributed by atoms with van der Waals surface area (Å²) in [5.74, 6) is 0. The van der Waals surface area contributed by atoms with Gasteiger partial charge in [0.05, 0.1) is 11.3 Å². The molecule has 104 valence electrons. The van der Waals surface area contributed by atoms with Gasteiger partial charge in [0.25, 0.3) is 0 Å². The molecule has 2 heterocycles. The number of hydrogen-bond donors (Lipinski definition) is 0. The van der Waals surface area contributed by atoms with E-state index in [0.717, 1.165) is 33.2 Å². The molecule has 0 saturated carbocycles. The third-order valence-corrected chi connectivity index (χ3v) is 3.93. The SMILES string of the molecule is Cc1ccc2c(oc3cccc(-c4ccccn4)c32)c1C#N. The van der Waals surface area contributed by atoms with Crippen LogP contribution in [0.5, 0.6) is 0 Å². The maximum Gasteiger partial charge on any atom is 0.153 e. The van der Waals surface area contributed by atoms with Crippen LogP contribution in [-0.4, -0.2) is 4.98 Å². The lowest BCUT2D eigenvalue weighted by molar-refractivity contribution is 0.667. The van der Waals surface area contributed by atoms with Crippen molar-refractivity contribution < 1.29 is 4.42 Å². The van der Waals surface area contributed by atoms with Gasteiger partial charge < -0.3 is 4.42 Å². The zero-order chi connectivity index (χ0) is 15.1. The molecule has 0 amide bonds. The highest BCUT2D eigenvalue weighted by Crippen LogP contribution is 2.37. The second-order valence-electron chi connectivity index (χ2n) is 5.24. The second-order valence-corrected chi connectivity index (χ2v) is 5.24. The summed E-state index contributed by atoms with van der Waals surface area (Å²) in [4.78, 5) is 4.44. The lowest BCUT2D eigenvalue weighted by atomic mass is 10.0. The van der Waals surface area contributed by atoms with E-state index in [9.17, 15) is 5.26 Å². The van der Waals surface area contributed by atoms with Gasteiger partial charge in [0.15, 0.2) is 5.58 Å². The van der Waals surface area contributed by atoms with Crippen LogP contribution in [0.25, 0.3) is 33.2 Å². The van der Waals surface area contributed by atoms with E-state index < -0.39 is 0 Å². The van der Waals surface area contributed by atoms with Crippen molar-refractivity contribution in [3.63, 3.8) is 0 Å². The molecule has 4 aromatic rings. The van der Waals surface area contributed by atoms with Crippen LogP contribution < -0.4 is 0 Å². The molecule has 22 heavy (non-hydrogen) atoms. The predicted octanol–water partition coefficient (Wildman–Crippen LogP) is 4.83. The number of nitriles is 1. The minimum absolute atomic E-state index is 0.598. The number of aromatic nitrogens is 1. The lowest BCUT2D eigenvalue weighted by Gasteiger charge is -2.02. The Hall–Kier alpha value is -3.12. The first kappa shape index (κ1) is 12.6. The van der Waals surface area contributed by atoms with Crippen LogP contribution in [0.4, 0.5) is 0 Å². The zero-order valence-electron chi connectivity index (χ0n) is 12.0. The topological polar surface area (TPSA) is 49.8 Å². The van der Waals surface area contributed by atoms with Gasteiger partial charge >= 0.3 is 0 Å². The van der Waals surface area contributed by atoms with Crippen LogP contribution >= 0.6 is 0 Å². The third-order valence-electron chi connectivity index (χ3n) is 3.93. The second kappa shape index (κ2) is 4.71. The molecule has 0 atom stereocenters. The third kappa shape index (κ3) is 1.71. The molecule has 4 rings (SSSR count). The zero-order valence-corrected chi connectivity index (χ0v) is 12.0. The van der Waals surface area contributed by atoms with E-state index in [1.54, 1.807) is 6.20 Å². The first-order valence-electron chi connectivity index (χ1n) is 7.06. The monoisotopic (exact) mass is 284 g/mol. The Morgan fingerprint density at radius 3 is 2.73 bits per heavy atom. The van der Waals surface area contributed by atoms with Gasteiger partial charge in [0.2, 0.25) is 0 Å². The highest BCUT2D eigenvalue weighted by molar-refractivity contribution is 6.13. The van der Waals surface area contributed by atoms with Gasteiger partial charge in [-0.1, -0.05) is 30.3 Å². The normalized spacial score (nSPS) is 10.9. The summed E-state index contributed by atoms with van der Waals surface area (Å²) in [7, 11) is 0. The van der Waals surface area contributed by atoms with Crippen molar-refractivity contribution in [3.8, 4) is 17.3 Å². The summed E-state index contributed by atoms with van der Waals surface area (Å²) in [6, 6.07) is 18.0. The van der Waals surface area contributed by atoms with E-state index in [4.69, 9.17) is 4.42 Å². The molecular formula is C19H12N2O. The van der Waals surface area contributed by atoms with Crippen molar-refractivity contribution in [1.82, 2.24) is 4.98 Å². The Kier molecular flexibility index (Phi) is 2.70. The number of nitrogens with zero attached hydrogens (tertiary/aromatic N) is 2. The summed E-state index contributed by atoms with van der Waals surface area (Å²) in [6.07, 6.45) is 1.78. The largest absolute Gasteiger partial charge is 0.455 e. The highest BCUT2D eigenvalue weighted by Gasteiger charge is 2.16. The molecule has 0 N–H and O–H groups in total. The molecule has 2 aromatic carbocycles. The number of benzene rings is 2. The molecule has 3 nitrogen and oxygen atoms in total. The van der Waals surface area contributed by atoms with Crippen molar-refractivity contribution in [2.75, 3.05) is 0 Å². The number of aryl methyl sites for hydroxylation is 1. The Bertz CT molecular complexity index is 1040. The summed E-state index contributed by atoms with van der Waals surface area (Å²) in [5.41, 5.74) is 4.87. The lowest BCUT2D eigenvalue weighted by Crippen LogP contribution is -1.84. The van der Waals surface area contributed by atoms with Crippen molar-refractivity contribution in [2.45, 2.75) is 6.92 Å². The molecule has 0 fully saturated rings. The molecule has 0 aliphatic heterocycles. The molecule has 3 heteroatoms. The molecule has 0 unspecified atom stereocenters. The van der Waals surface area contributed by atoms with Crippen LogP contribution in [0.1, 0.15) is 11.1 Å². The summed E-state index contributed by atoms with van der Waals surface area (Å²) >= 11 is 0. The van der Waals surface area contributed by atoms with Crippen LogP contribution in [0, 0.1) is 18.3 Å². The maximum absolute atomic E-state index is 9.41. The Morgan fingerprint density at radius 1 is 1.05 bits per heavy atom. The molecule has 0 saturated heterocycles. The Morgan fingerprint density at radius 2 is 1.95 bits per heavy atom. The molecule has 2 aromatic heterocycles. The van der Waals surface area contributed by atoms with Crippen LogP contribution in [0.15, 0.2) is 59.1 Å². The van der Waals surface area contributed by atoms with E-state index >= 15 is 0 Å². The fourth-order valence-corrected chi connectivity index (χ4v) is 2.86. The summed E-state index contributed by atoms with van der Waals surface area (Å²) in [5, 5.41) is 11.4. The van der Waals surface area contributed by atoms with Gasteiger partial charge in [0, 0.05) is 22.5 Å². The first-order valence-corrected chi connectivity index (χ1v) is 7.06. The van der Waals surface area contributed by atoms with Crippen LogP contribution in [-0.2, 0) is 0 Å². The molecule has 0 aliphatic carbocycles. The Labute approximate surface area is 127 Å². The fourth-order valence-electron chi connectivity index (χ4n) is 2.86. The van der Waals surface area contributed by atoms with E-state index in [1.807, 2.05) is 55.5 Å². The van der Waals surface area contributed by atoms with Gasteiger partial charge in [-0.25, -0.2) is 0 Å². The highest BCUT2D eigenvalue weighted by atomic mass is 16.3. The number of hydrogen-bond acceptors (Lipinski definition) is 3. The number of rotatable bonds is 1. The van der Waals surface area contributed by atoms with Gasteiger partial charge in [-0.05, 0) is 30.7 Å². The summed E-state index contributed by atoms with van der Waals surface area (Å²) < 4.78 is 5.97. The van der Waals surface area contributed by atoms with Gasteiger partial charge in [-0.15, -0.1) is 0 Å². The Balaban J connectivity index is 2.18. The number of pyridine rings is 1. The van der Waals surface area contributed by atoms with Crippen molar-refractivity contribution in [3.05, 3.63) is 65.9 Å². The van der Waals surface area contributed by atoms with Crippen molar-refractivity contribution in [2.24, 2.45) is 0 Å². The molecule has 0 radical (unpaired) electrons. The van der Waals surface area contributed by atoms with E-state index in [1.165, 1.54) is 0 Å². The fraction of sp³-hybridized carbons (Fsp3) is 0.0526. The van der Waals surface area contributed by atoms with Gasteiger partial charge in [0.1, 0.15) is 11.7 Å².